The number of fused-ring (bicyclic) bond motifs is 6. The first kappa shape index (κ1) is 31.9. The van der Waals surface area contributed by atoms with Gasteiger partial charge in [0.05, 0.1) is 0 Å². The molecule has 0 saturated carbocycles. The summed E-state index contributed by atoms with van der Waals surface area (Å²) >= 11 is 0. The van der Waals surface area contributed by atoms with Crippen LogP contribution < -0.4 is 0 Å². The fourth-order valence-corrected chi connectivity index (χ4v) is 7.78. The van der Waals surface area contributed by atoms with Crippen molar-refractivity contribution in [2.75, 3.05) is 0 Å². The summed E-state index contributed by atoms with van der Waals surface area (Å²) in [7, 11) is 0. The number of hydrogen-bond acceptors (Lipinski definition) is 5. The Kier molecular flexibility index (Phi) is 7.42. The van der Waals surface area contributed by atoms with E-state index >= 15 is 0 Å². The molecule has 5 heteroatoms. The summed E-state index contributed by atoms with van der Waals surface area (Å²) in [6.45, 7) is 0. The molecule has 0 aliphatic rings. The van der Waals surface area contributed by atoms with Crippen LogP contribution in [0.1, 0.15) is 0 Å². The van der Waals surface area contributed by atoms with E-state index in [2.05, 4.69) is 133 Å². The van der Waals surface area contributed by atoms with Crippen LogP contribution in [0.25, 0.3) is 111 Å². The molecule has 11 aromatic rings. The third-order valence-corrected chi connectivity index (χ3v) is 10.6. The van der Waals surface area contributed by atoms with E-state index in [0.717, 1.165) is 88.4 Å². The van der Waals surface area contributed by atoms with Crippen LogP contribution in [0.15, 0.2) is 197 Å². The average Bonchev–Trinajstić information content (AvgIpc) is 3.85. The van der Waals surface area contributed by atoms with Gasteiger partial charge in [0.2, 0.25) is 0 Å². The van der Waals surface area contributed by atoms with Crippen molar-refractivity contribution >= 4 is 43.9 Å². The Morgan fingerprint density at radius 1 is 0.268 bits per heavy atom. The quantitative estimate of drug-likeness (QED) is 0.171. The zero-order valence-corrected chi connectivity index (χ0v) is 30.1. The first-order valence-electron chi connectivity index (χ1n) is 18.7. The molecule has 0 bridgehead atoms. The molecule has 5 nitrogen and oxygen atoms in total. The van der Waals surface area contributed by atoms with Crippen molar-refractivity contribution in [3.05, 3.63) is 188 Å². The van der Waals surface area contributed by atoms with Gasteiger partial charge in [-0.15, -0.1) is 0 Å². The van der Waals surface area contributed by atoms with Crippen LogP contribution in [0.4, 0.5) is 0 Å². The van der Waals surface area contributed by atoms with Crippen molar-refractivity contribution in [2.45, 2.75) is 0 Å². The van der Waals surface area contributed by atoms with Crippen LogP contribution in [0.3, 0.4) is 0 Å². The first-order valence-corrected chi connectivity index (χ1v) is 18.7. The van der Waals surface area contributed by atoms with Crippen LogP contribution in [-0.2, 0) is 0 Å². The molecule has 0 spiro atoms. The van der Waals surface area contributed by atoms with Gasteiger partial charge in [0.15, 0.2) is 17.5 Å². The van der Waals surface area contributed by atoms with E-state index in [4.69, 9.17) is 23.8 Å². The molecule has 0 radical (unpaired) electrons. The van der Waals surface area contributed by atoms with Crippen molar-refractivity contribution in [2.24, 2.45) is 0 Å². The maximum absolute atomic E-state index is 6.73. The Balaban J connectivity index is 0.991. The summed E-state index contributed by atoms with van der Waals surface area (Å²) in [5, 5.41) is 4.33. The topological polar surface area (TPSA) is 65.0 Å². The molecule has 262 valence electrons. The normalized spacial score (nSPS) is 11.6. The van der Waals surface area contributed by atoms with Crippen molar-refractivity contribution in [1.82, 2.24) is 15.0 Å². The summed E-state index contributed by atoms with van der Waals surface area (Å²) in [5.74, 6) is 1.86. The number of rotatable bonds is 6. The Hall–Kier alpha value is -7.63. The molecular weight excluding hydrogens is 687 g/mol. The molecule has 0 atom stereocenters. The molecule has 0 N–H and O–H groups in total. The SMILES string of the molecule is c1ccc(-c2ccc(-c3nc(-c4ccccc4)nc(-c4cccc(-c5ccc6c(c5)oc5c(-c7cccc8c7oc7ccccc78)cccc56)c4)n3)cc2)cc1. The Labute approximate surface area is 322 Å². The summed E-state index contributed by atoms with van der Waals surface area (Å²) in [6.07, 6.45) is 0. The van der Waals surface area contributed by atoms with Crippen LogP contribution in [0.5, 0.6) is 0 Å². The minimum Gasteiger partial charge on any atom is -0.455 e. The van der Waals surface area contributed by atoms with Gasteiger partial charge in [-0.2, -0.15) is 0 Å². The van der Waals surface area contributed by atoms with Gasteiger partial charge in [-0.1, -0.05) is 164 Å². The Morgan fingerprint density at radius 2 is 0.696 bits per heavy atom. The summed E-state index contributed by atoms with van der Waals surface area (Å²) in [5.41, 5.74) is 12.5. The maximum Gasteiger partial charge on any atom is 0.164 e. The largest absolute Gasteiger partial charge is 0.455 e. The second kappa shape index (κ2) is 13.0. The van der Waals surface area contributed by atoms with Crippen LogP contribution >= 0.6 is 0 Å². The second-order valence-corrected chi connectivity index (χ2v) is 14.0. The smallest absolute Gasteiger partial charge is 0.164 e. The Morgan fingerprint density at radius 3 is 1.39 bits per heavy atom. The van der Waals surface area contributed by atoms with E-state index in [-0.39, 0.29) is 0 Å². The lowest BCUT2D eigenvalue weighted by atomic mass is 9.99. The van der Waals surface area contributed by atoms with Crippen molar-refractivity contribution < 1.29 is 8.83 Å². The van der Waals surface area contributed by atoms with Gasteiger partial charge < -0.3 is 8.83 Å². The van der Waals surface area contributed by atoms with Crippen molar-refractivity contribution in [3.8, 4) is 67.5 Å². The molecule has 0 fully saturated rings. The van der Waals surface area contributed by atoms with Crippen molar-refractivity contribution in [1.29, 1.82) is 0 Å². The van der Waals surface area contributed by atoms with E-state index < -0.39 is 0 Å². The summed E-state index contributed by atoms with van der Waals surface area (Å²) in [4.78, 5) is 15.0. The molecule has 0 amide bonds. The minimum absolute atomic E-state index is 0.608. The van der Waals surface area contributed by atoms with E-state index in [1.807, 2.05) is 54.6 Å². The fourth-order valence-electron chi connectivity index (χ4n) is 7.78. The molecule has 3 heterocycles. The molecule has 3 aromatic heterocycles. The third-order valence-electron chi connectivity index (χ3n) is 10.6. The highest BCUT2D eigenvalue weighted by molar-refractivity contribution is 6.15. The predicted octanol–water partition coefficient (Wildman–Crippen LogP) is 13.7. The van der Waals surface area contributed by atoms with E-state index in [1.165, 1.54) is 5.56 Å². The Bertz CT molecular complexity index is 3240. The van der Waals surface area contributed by atoms with Gasteiger partial charge in [-0.05, 0) is 46.5 Å². The van der Waals surface area contributed by atoms with Crippen LogP contribution in [-0.4, -0.2) is 15.0 Å². The van der Waals surface area contributed by atoms with Gasteiger partial charge in [0.25, 0.3) is 0 Å². The van der Waals surface area contributed by atoms with E-state index in [9.17, 15) is 0 Å². The lowest BCUT2D eigenvalue weighted by molar-refractivity contribution is 0.665. The van der Waals surface area contributed by atoms with Gasteiger partial charge in [0, 0.05) is 49.4 Å². The molecule has 0 unspecified atom stereocenters. The second-order valence-electron chi connectivity index (χ2n) is 14.0. The van der Waals surface area contributed by atoms with Crippen molar-refractivity contribution in [3.63, 3.8) is 0 Å². The number of para-hydroxylation sites is 3. The summed E-state index contributed by atoms with van der Waals surface area (Å²) < 4.78 is 13.1. The number of hydrogen-bond donors (Lipinski definition) is 0. The highest BCUT2D eigenvalue weighted by Gasteiger charge is 2.18. The van der Waals surface area contributed by atoms with Gasteiger partial charge in [-0.3, -0.25) is 0 Å². The van der Waals surface area contributed by atoms with Crippen LogP contribution in [0.2, 0.25) is 0 Å². The molecule has 0 aliphatic carbocycles. The molecule has 56 heavy (non-hydrogen) atoms. The fraction of sp³-hybridized carbons (Fsp3) is 0. The van der Waals surface area contributed by atoms with Gasteiger partial charge in [-0.25, -0.2) is 15.0 Å². The monoisotopic (exact) mass is 717 g/mol. The average molecular weight is 718 g/mol. The summed E-state index contributed by atoms with van der Waals surface area (Å²) in [6, 6.07) is 64.5. The molecule has 8 aromatic carbocycles. The number of nitrogens with zero attached hydrogens (tertiary/aromatic N) is 3. The number of benzene rings is 8. The van der Waals surface area contributed by atoms with Gasteiger partial charge in [0.1, 0.15) is 22.3 Å². The number of aromatic nitrogens is 3. The predicted molar refractivity (Wildman–Crippen MR) is 227 cm³/mol. The molecule has 0 saturated heterocycles. The lowest BCUT2D eigenvalue weighted by Crippen LogP contribution is -2.00. The molecular formula is C51H31N3O2. The molecule has 0 aliphatic heterocycles. The maximum atomic E-state index is 6.73. The minimum atomic E-state index is 0.608. The zero-order chi connectivity index (χ0) is 37.0. The first-order chi connectivity index (χ1) is 27.7. The standard InChI is InChI=1S/C51H31N3O2/c1-3-12-32(13-4-1)33-24-26-35(27-25-33)50-52-49(34-14-5-2-6-15-34)53-51(54-50)38-17-9-16-36(30-38)37-28-29-40-42-20-11-22-44(48(42)56-46(40)31-37)43-21-10-19-41-39-18-7-8-23-45(39)55-47(41)43/h1-31H. The van der Waals surface area contributed by atoms with Gasteiger partial charge >= 0.3 is 0 Å². The lowest BCUT2D eigenvalue weighted by Gasteiger charge is -2.10. The highest BCUT2D eigenvalue weighted by atomic mass is 16.3. The highest BCUT2D eigenvalue weighted by Crippen LogP contribution is 2.42. The number of furan rings is 2. The van der Waals surface area contributed by atoms with Crippen LogP contribution in [0, 0.1) is 0 Å². The third kappa shape index (κ3) is 5.45. The van der Waals surface area contributed by atoms with E-state index in [0.29, 0.717) is 17.5 Å². The zero-order valence-electron chi connectivity index (χ0n) is 30.1. The molecule has 11 rings (SSSR count). The van der Waals surface area contributed by atoms with E-state index in [1.54, 1.807) is 0 Å².